The number of amides is 1. The zero-order valence-electron chi connectivity index (χ0n) is 12.6. The van der Waals surface area contributed by atoms with E-state index in [0.29, 0.717) is 19.1 Å². The van der Waals surface area contributed by atoms with Crippen LogP contribution in [0.15, 0.2) is 30.3 Å². The zero-order valence-corrected chi connectivity index (χ0v) is 13.4. The van der Waals surface area contributed by atoms with Gasteiger partial charge in [-0.1, -0.05) is 18.2 Å². The van der Waals surface area contributed by atoms with Crippen molar-refractivity contribution in [2.45, 2.75) is 0 Å². The van der Waals surface area contributed by atoms with Crippen LogP contribution in [0.1, 0.15) is 9.67 Å². The third kappa shape index (κ3) is 2.16. The second-order valence-electron chi connectivity index (χ2n) is 6.34. The third-order valence-electron chi connectivity index (χ3n) is 4.88. The van der Waals surface area contributed by atoms with Crippen molar-refractivity contribution in [1.29, 1.82) is 0 Å². The van der Waals surface area contributed by atoms with E-state index in [9.17, 15) is 4.79 Å². The molecule has 0 N–H and O–H groups in total. The summed E-state index contributed by atoms with van der Waals surface area (Å²) in [5, 5.41) is 1.14. The molecule has 0 aliphatic carbocycles. The van der Waals surface area contributed by atoms with E-state index >= 15 is 0 Å². The molecule has 2 aliphatic rings. The van der Waals surface area contributed by atoms with Crippen molar-refractivity contribution in [3.05, 3.63) is 35.2 Å². The van der Waals surface area contributed by atoms with Crippen molar-refractivity contribution in [3.8, 4) is 0 Å². The highest BCUT2D eigenvalue weighted by Crippen LogP contribution is 2.42. The Balaban J connectivity index is 1.59. The third-order valence-corrected chi connectivity index (χ3v) is 5.98. The summed E-state index contributed by atoms with van der Waals surface area (Å²) in [4.78, 5) is 15.7. The molecule has 0 spiro atoms. The average Bonchev–Trinajstić information content (AvgIpc) is 3.17. The maximum absolute atomic E-state index is 12.8. The number of hydrogen-bond acceptors (Lipinski definition) is 4. The second kappa shape index (κ2) is 5.33. The van der Waals surface area contributed by atoms with E-state index in [1.807, 2.05) is 23.1 Å². The minimum Gasteiger partial charge on any atom is -0.384 e. The fourth-order valence-corrected chi connectivity index (χ4v) is 4.75. The first-order valence-corrected chi connectivity index (χ1v) is 8.38. The number of ether oxygens (including phenoxy) is 2. The number of nitrogens with zero attached hydrogens (tertiary/aromatic N) is 1. The maximum Gasteiger partial charge on any atom is 0.263 e. The summed E-state index contributed by atoms with van der Waals surface area (Å²) in [6, 6.07) is 10.2. The minimum atomic E-state index is -0.0128. The Kier molecular flexibility index (Phi) is 3.44. The number of methoxy groups -OCH3 is 1. The Morgan fingerprint density at radius 3 is 3.18 bits per heavy atom. The van der Waals surface area contributed by atoms with Gasteiger partial charge in [-0.2, -0.15) is 0 Å². The van der Waals surface area contributed by atoms with Gasteiger partial charge in [0, 0.05) is 36.2 Å². The Hall–Kier alpha value is -1.43. The predicted octanol–water partition coefficient (Wildman–Crippen LogP) is 2.64. The molecule has 2 aliphatic heterocycles. The molecule has 2 fully saturated rings. The highest BCUT2D eigenvalue weighted by molar-refractivity contribution is 7.20. The van der Waals surface area contributed by atoms with Gasteiger partial charge in [0.25, 0.3) is 5.91 Å². The molecule has 0 bridgehead atoms. The van der Waals surface area contributed by atoms with E-state index in [1.54, 1.807) is 18.4 Å². The lowest BCUT2D eigenvalue weighted by atomic mass is 9.82. The topological polar surface area (TPSA) is 38.8 Å². The van der Waals surface area contributed by atoms with Gasteiger partial charge in [-0.15, -0.1) is 11.3 Å². The molecular formula is C17H19NO3S. The van der Waals surface area contributed by atoms with Crippen molar-refractivity contribution >= 4 is 27.3 Å². The van der Waals surface area contributed by atoms with Gasteiger partial charge >= 0.3 is 0 Å². The van der Waals surface area contributed by atoms with Crippen LogP contribution in [0.3, 0.4) is 0 Å². The van der Waals surface area contributed by atoms with Gasteiger partial charge in [0.15, 0.2) is 0 Å². The molecule has 0 radical (unpaired) electrons. The number of fused-ring (bicyclic) bond motifs is 2. The van der Waals surface area contributed by atoms with E-state index < -0.39 is 0 Å². The molecule has 22 heavy (non-hydrogen) atoms. The largest absolute Gasteiger partial charge is 0.384 e. The van der Waals surface area contributed by atoms with Gasteiger partial charge in [-0.05, 0) is 17.5 Å². The molecule has 5 heteroatoms. The lowest BCUT2D eigenvalue weighted by Gasteiger charge is -2.25. The Labute approximate surface area is 133 Å². The van der Waals surface area contributed by atoms with Gasteiger partial charge in [0.2, 0.25) is 0 Å². The van der Waals surface area contributed by atoms with Crippen molar-refractivity contribution in [2.75, 3.05) is 40.0 Å². The minimum absolute atomic E-state index is 0.0128. The van der Waals surface area contributed by atoms with E-state index in [1.165, 1.54) is 4.70 Å². The summed E-state index contributed by atoms with van der Waals surface area (Å²) in [6.45, 7) is 3.60. The molecule has 4 rings (SSSR count). The number of likely N-dealkylation sites (tertiary alicyclic amines) is 1. The summed E-state index contributed by atoms with van der Waals surface area (Å²) in [5.74, 6) is 0.539. The molecule has 3 heterocycles. The van der Waals surface area contributed by atoms with Crippen LogP contribution in [0.2, 0.25) is 0 Å². The molecule has 0 saturated carbocycles. The van der Waals surface area contributed by atoms with Gasteiger partial charge < -0.3 is 14.4 Å². The van der Waals surface area contributed by atoms with E-state index in [2.05, 4.69) is 12.1 Å². The Bertz CT molecular complexity index is 680. The molecule has 0 unspecified atom stereocenters. The normalized spacial score (nSPS) is 27.5. The smallest absolute Gasteiger partial charge is 0.263 e. The van der Waals surface area contributed by atoms with Crippen LogP contribution >= 0.6 is 11.3 Å². The first-order chi connectivity index (χ1) is 10.7. The molecule has 1 amide bonds. The number of rotatable bonds is 3. The number of carbonyl (C=O) groups excluding carboxylic acids is 1. The molecule has 2 saturated heterocycles. The monoisotopic (exact) mass is 317 g/mol. The van der Waals surface area contributed by atoms with Crippen LogP contribution in [0.25, 0.3) is 10.1 Å². The fraction of sp³-hybridized carbons (Fsp3) is 0.471. The SMILES string of the molecule is COC[C@]12COC[C@H]1CN(C(=O)c1cc3ccccc3s1)C2. The molecule has 1 aromatic heterocycles. The van der Waals surface area contributed by atoms with Gasteiger partial charge in [-0.25, -0.2) is 0 Å². The van der Waals surface area contributed by atoms with Crippen LogP contribution < -0.4 is 0 Å². The highest BCUT2D eigenvalue weighted by atomic mass is 32.1. The van der Waals surface area contributed by atoms with E-state index in [4.69, 9.17) is 9.47 Å². The molecule has 116 valence electrons. The quantitative estimate of drug-likeness (QED) is 0.873. The van der Waals surface area contributed by atoms with Crippen LogP contribution in [0.4, 0.5) is 0 Å². The molecule has 2 aromatic rings. The summed E-state index contributed by atoms with van der Waals surface area (Å²) < 4.78 is 12.2. The van der Waals surface area contributed by atoms with E-state index in [0.717, 1.165) is 30.0 Å². The first-order valence-electron chi connectivity index (χ1n) is 7.56. The fourth-order valence-electron chi connectivity index (χ4n) is 3.72. The van der Waals surface area contributed by atoms with Crippen LogP contribution in [0, 0.1) is 11.3 Å². The van der Waals surface area contributed by atoms with Crippen molar-refractivity contribution in [2.24, 2.45) is 11.3 Å². The molecule has 4 nitrogen and oxygen atoms in total. The van der Waals surface area contributed by atoms with Crippen molar-refractivity contribution < 1.29 is 14.3 Å². The second-order valence-corrected chi connectivity index (χ2v) is 7.43. The van der Waals surface area contributed by atoms with Gasteiger partial charge in [0.1, 0.15) is 0 Å². The summed E-state index contributed by atoms with van der Waals surface area (Å²) >= 11 is 1.58. The highest BCUT2D eigenvalue weighted by Gasteiger charge is 2.52. The van der Waals surface area contributed by atoms with Gasteiger partial charge in [0.05, 0.1) is 24.7 Å². The van der Waals surface area contributed by atoms with Crippen LogP contribution in [-0.2, 0) is 9.47 Å². The molecule has 2 atom stereocenters. The molecular weight excluding hydrogens is 298 g/mol. The van der Waals surface area contributed by atoms with Gasteiger partial charge in [-0.3, -0.25) is 4.79 Å². The standard InChI is InChI=1S/C17H19NO3S/c1-20-10-17-9-18(7-13(17)8-21-11-17)16(19)15-6-12-4-2-3-5-14(12)22-15/h2-6,13H,7-11H2,1H3/t13-,17-/m1/s1. The number of carbonyl (C=O) groups is 1. The Morgan fingerprint density at radius 1 is 1.50 bits per heavy atom. The first kappa shape index (κ1) is 14.2. The number of benzene rings is 1. The average molecular weight is 317 g/mol. The Morgan fingerprint density at radius 2 is 2.36 bits per heavy atom. The van der Waals surface area contributed by atoms with Crippen molar-refractivity contribution in [1.82, 2.24) is 4.90 Å². The number of thiophene rings is 1. The predicted molar refractivity (Wildman–Crippen MR) is 86.3 cm³/mol. The summed E-state index contributed by atoms with van der Waals surface area (Å²) in [5.41, 5.74) is -0.0128. The molecule has 1 aromatic carbocycles. The van der Waals surface area contributed by atoms with Crippen LogP contribution in [0.5, 0.6) is 0 Å². The van der Waals surface area contributed by atoms with Crippen LogP contribution in [-0.4, -0.2) is 50.8 Å². The summed E-state index contributed by atoms with van der Waals surface area (Å²) in [6.07, 6.45) is 0. The van der Waals surface area contributed by atoms with Crippen molar-refractivity contribution in [3.63, 3.8) is 0 Å². The van der Waals surface area contributed by atoms with E-state index in [-0.39, 0.29) is 11.3 Å². The zero-order chi connectivity index (χ0) is 15.2. The number of hydrogen-bond donors (Lipinski definition) is 0. The summed E-state index contributed by atoms with van der Waals surface area (Å²) in [7, 11) is 1.72. The maximum atomic E-state index is 12.8. The lowest BCUT2D eigenvalue weighted by molar-refractivity contribution is 0.0491. The lowest BCUT2D eigenvalue weighted by Crippen LogP contribution is -2.36.